The maximum Gasteiger partial charge on any atom is 0.359 e. The highest BCUT2D eigenvalue weighted by molar-refractivity contribution is 7.16. The van der Waals surface area contributed by atoms with Crippen LogP contribution in [0.15, 0.2) is 59.4 Å². The van der Waals surface area contributed by atoms with Crippen LogP contribution in [0.5, 0.6) is 0 Å². The predicted molar refractivity (Wildman–Crippen MR) is 132 cm³/mol. The molecule has 0 saturated carbocycles. The van der Waals surface area contributed by atoms with E-state index in [2.05, 4.69) is 16.5 Å². The van der Waals surface area contributed by atoms with Crippen LogP contribution in [-0.4, -0.2) is 28.3 Å². The second-order valence-electron chi connectivity index (χ2n) is 8.10. The maximum atomic E-state index is 13.0. The Labute approximate surface area is 204 Å². The van der Waals surface area contributed by atoms with E-state index in [-0.39, 0.29) is 11.3 Å². The average molecular weight is 485 g/mol. The molecule has 174 valence electrons. The lowest BCUT2D eigenvalue weighted by Crippen LogP contribution is -2.26. The molecule has 0 saturated heterocycles. The summed E-state index contributed by atoms with van der Waals surface area (Å²) in [6.07, 6.45) is 3.82. The fraction of sp³-hybridized carbons (Fsp3) is 0.192. The predicted octanol–water partition coefficient (Wildman–Crippen LogP) is 3.99. The van der Waals surface area contributed by atoms with Gasteiger partial charge in [-0.3, -0.25) is 9.59 Å². The van der Waals surface area contributed by atoms with Gasteiger partial charge in [0.25, 0.3) is 11.5 Å². The van der Waals surface area contributed by atoms with Gasteiger partial charge in [0.1, 0.15) is 11.1 Å². The van der Waals surface area contributed by atoms with Gasteiger partial charge in [0.05, 0.1) is 16.6 Å². The lowest BCUT2D eigenvalue weighted by molar-refractivity contribution is -0.119. The summed E-state index contributed by atoms with van der Waals surface area (Å²) >= 11 is 1.40. The lowest BCUT2D eigenvalue weighted by Gasteiger charge is -2.11. The van der Waals surface area contributed by atoms with Crippen molar-refractivity contribution < 1.29 is 14.3 Å². The van der Waals surface area contributed by atoms with Crippen LogP contribution in [0.4, 0.5) is 5.00 Å². The minimum atomic E-state index is -0.827. The molecule has 2 heterocycles. The summed E-state index contributed by atoms with van der Waals surface area (Å²) in [5.41, 5.74) is 1.57. The molecule has 2 aromatic carbocycles. The number of fused-ring (bicyclic) bond motifs is 2. The zero-order chi connectivity index (χ0) is 24.4. The number of aryl methyl sites for hydroxylation is 1. The largest absolute Gasteiger partial charge is 0.451 e. The molecular formula is C26H20N4O4S. The molecule has 35 heavy (non-hydrogen) atoms. The number of anilines is 1. The van der Waals surface area contributed by atoms with Crippen LogP contribution in [0.25, 0.3) is 16.5 Å². The number of rotatable bonds is 5. The van der Waals surface area contributed by atoms with E-state index < -0.39 is 18.5 Å². The van der Waals surface area contributed by atoms with Crippen molar-refractivity contribution in [3.8, 4) is 11.8 Å². The Morgan fingerprint density at radius 3 is 2.54 bits per heavy atom. The van der Waals surface area contributed by atoms with Crippen LogP contribution in [0.3, 0.4) is 0 Å². The zero-order valence-electron chi connectivity index (χ0n) is 18.6. The van der Waals surface area contributed by atoms with Gasteiger partial charge in [0, 0.05) is 10.3 Å². The smallest absolute Gasteiger partial charge is 0.359 e. The number of para-hydroxylation sites is 1. The normalized spacial score (nSPS) is 12.5. The topological polar surface area (TPSA) is 114 Å². The fourth-order valence-corrected chi connectivity index (χ4v) is 5.47. The van der Waals surface area contributed by atoms with E-state index in [1.807, 2.05) is 6.07 Å². The highest BCUT2D eigenvalue weighted by Gasteiger charge is 2.23. The molecular weight excluding hydrogens is 464 g/mol. The quantitative estimate of drug-likeness (QED) is 0.429. The summed E-state index contributed by atoms with van der Waals surface area (Å²) in [5.74, 6) is -1.37. The molecule has 2 aromatic heterocycles. The second kappa shape index (κ2) is 9.52. The number of carbonyl (C=O) groups excluding carboxylic acids is 2. The van der Waals surface area contributed by atoms with Crippen LogP contribution >= 0.6 is 11.3 Å². The van der Waals surface area contributed by atoms with Gasteiger partial charge in [-0.2, -0.15) is 15.0 Å². The Morgan fingerprint density at radius 1 is 1.06 bits per heavy atom. The highest BCUT2D eigenvalue weighted by atomic mass is 32.1. The molecule has 0 aliphatic heterocycles. The number of carbonyl (C=O) groups is 2. The van der Waals surface area contributed by atoms with Gasteiger partial charge in [-0.25, -0.2) is 4.79 Å². The monoisotopic (exact) mass is 484 g/mol. The molecule has 0 unspecified atom stereocenters. The SMILES string of the molecule is N#Cc1c(NC(=O)COC(=O)c2nn(-c3ccccc3)c(=O)c3ccccc23)sc2c1CCCC2. The van der Waals surface area contributed by atoms with Crippen molar-refractivity contribution in [2.75, 3.05) is 11.9 Å². The van der Waals surface area contributed by atoms with Gasteiger partial charge in [-0.15, -0.1) is 11.3 Å². The molecule has 1 amide bonds. The van der Waals surface area contributed by atoms with E-state index >= 15 is 0 Å². The number of benzene rings is 2. The molecule has 0 atom stereocenters. The number of nitrogens with zero attached hydrogens (tertiary/aromatic N) is 3. The number of nitrogens with one attached hydrogen (secondary N) is 1. The number of esters is 1. The van der Waals surface area contributed by atoms with E-state index in [0.717, 1.165) is 40.8 Å². The Bertz CT molecular complexity index is 1550. The van der Waals surface area contributed by atoms with Crippen molar-refractivity contribution in [3.63, 3.8) is 0 Å². The van der Waals surface area contributed by atoms with Crippen molar-refractivity contribution in [1.82, 2.24) is 9.78 Å². The fourth-order valence-electron chi connectivity index (χ4n) is 4.22. The van der Waals surface area contributed by atoms with E-state index in [0.29, 0.717) is 27.0 Å². The van der Waals surface area contributed by atoms with E-state index in [1.54, 1.807) is 48.5 Å². The molecule has 0 spiro atoms. The van der Waals surface area contributed by atoms with Crippen molar-refractivity contribution in [2.45, 2.75) is 25.7 Å². The number of aromatic nitrogens is 2. The molecule has 1 N–H and O–H groups in total. The molecule has 1 aliphatic carbocycles. The van der Waals surface area contributed by atoms with E-state index in [4.69, 9.17) is 4.74 Å². The summed E-state index contributed by atoms with van der Waals surface area (Å²) in [4.78, 5) is 39.6. The number of nitriles is 1. The summed E-state index contributed by atoms with van der Waals surface area (Å²) in [6, 6.07) is 17.6. The minimum absolute atomic E-state index is 0.0684. The third-order valence-corrected chi connectivity index (χ3v) is 7.08. The third-order valence-electron chi connectivity index (χ3n) is 5.87. The first kappa shape index (κ1) is 22.5. The summed E-state index contributed by atoms with van der Waals surface area (Å²) in [7, 11) is 0. The number of thiophene rings is 1. The lowest BCUT2D eigenvalue weighted by atomic mass is 9.96. The molecule has 0 bridgehead atoms. The van der Waals surface area contributed by atoms with Gasteiger partial charge in [-0.1, -0.05) is 36.4 Å². The number of ether oxygens (including phenoxy) is 1. The highest BCUT2D eigenvalue weighted by Crippen LogP contribution is 2.37. The maximum absolute atomic E-state index is 13.0. The standard InChI is InChI=1S/C26H20N4O4S/c27-14-20-17-10-6-7-13-21(17)35-24(20)28-22(31)15-34-26(33)23-18-11-4-5-12-19(18)25(32)30(29-23)16-8-2-1-3-9-16/h1-5,8-9,11-12H,6-7,10,13,15H2,(H,28,31). The van der Waals surface area contributed by atoms with Crippen LogP contribution < -0.4 is 10.9 Å². The Balaban J connectivity index is 1.38. The van der Waals surface area contributed by atoms with Gasteiger partial charge in [-0.05, 0) is 49.4 Å². The van der Waals surface area contributed by atoms with E-state index in [9.17, 15) is 19.6 Å². The molecule has 1 aliphatic rings. The first-order chi connectivity index (χ1) is 17.1. The number of hydrogen-bond acceptors (Lipinski definition) is 7. The Kier molecular flexibility index (Phi) is 6.12. The summed E-state index contributed by atoms with van der Waals surface area (Å²) in [6.45, 7) is -0.549. The molecule has 0 radical (unpaired) electrons. The van der Waals surface area contributed by atoms with Gasteiger partial charge < -0.3 is 10.1 Å². The van der Waals surface area contributed by atoms with Crippen molar-refractivity contribution in [1.29, 1.82) is 5.26 Å². The number of hydrogen-bond donors (Lipinski definition) is 1. The molecule has 4 aromatic rings. The summed E-state index contributed by atoms with van der Waals surface area (Å²) < 4.78 is 6.42. The molecule has 0 fully saturated rings. The third kappa shape index (κ3) is 4.32. The minimum Gasteiger partial charge on any atom is -0.451 e. The van der Waals surface area contributed by atoms with Gasteiger partial charge >= 0.3 is 5.97 Å². The second-order valence-corrected chi connectivity index (χ2v) is 9.20. The Morgan fingerprint density at radius 2 is 1.77 bits per heavy atom. The molecule has 8 nitrogen and oxygen atoms in total. The number of amides is 1. The van der Waals surface area contributed by atoms with Gasteiger partial charge in [0.2, 0.25) is 0 Å². The van der Waals surface area contributed by atoms with Crippen LogP contribution in [-0.2, 0) is 22.4 Å². The summed E-state index contributed by atoms with van der Waals surface area (Å²) in [5, 5.41) is 17.7. The van der Waals surface area contributed by atoms with Crippen molar-refractivity contribution >= 4 is 39.0 Å². The van der Waals surface area contributed by atoms with Crippen LogP contribution in [0, 0.1) is 11.3 Å². The van der Waals surface area contributed by atoms with Crippen LogP contribution in [0.1, 0.15) is 39.3 Å². The Hall–Kier alpha value is -4.29. The molecule has 9 heteroatoms. The van der Waals surface area contributed by atoms with Crippen LogP contribution in [0.2, 0.25) is 0 Å². The van der Waals surface area contributed by atoms with Crippen molar-refractivity contribution in [2.24, 2.45) is 0 Å². The first-order valence-corrected chi connectivity index (χ1v) is 12.0. The van der Waals surface area contributed by atoms with Gasteiger partial charge in [0.15, 0.2) is 12.3 Å². The zero-order valence-corrected chi connectivity index (χ0v) is 19.4. The van der Waals surface area contributed by atoms with E-state index in [1.165, 1.54) is 11.3 Å². The van der Waals surface area contributed by atoms with Crippen molar-refractivity contribution in [3.05, 3.63) is 86.6 Å². The first-order valence-electron chi connectivity index (χ1n) is 11.2. The molecule has 5 rings (SSSR count). The average Bonchev–Trinajstić information content (AvgIpc) is 3.25.